The van der Waals surface area contributed by atoms with Gasteiger partial charge >= 0.3 is 12.1 Å². The van der Waals surface area contributed by atoms with Crippen molar-refractivity contribution in [3.05, 3.63) is 41.7 Å². The Bertz CT molecular complexity index is 802. The van der Waals surface area contributed by atoms with E-state index in [1.165, 1.54) is 18.3 Å². The number of aliphatic carboxylic acids is 1. The Kier molecular flexibility index (Phi) is 5.63. The average Bonchev–Trinajstić information content (AvgIpc) is 3.02. The Balaban J connectivity index is 2.28. The average molecular weight is 370 g/mol. The summed E-state index contributed by atoms with van der Waals surface area (Å²) in [5.74, 6) is -1.81. The van der Waals surface area contributed by atoms with Gasteiger partial charge in [-0.2, -0.15) is 13.2 Å². The van der Waals surface area contributed by atoms with Gasteiger partial charge in [-0.3, -0.25) is 9.59 Å². The van der Waals surface area contributed by atoms with Crippen molar-refractivity contribution in [1.29, 1.82) is 0 Å². The van der Waals surface area contributed by atoms with Crippen molar-refractivity contribution < 1.29 is 27.9 Å². The van der Waals surface area contributed by atoms with Crippen molar-refractivity contribution in [2.75, 3.05) is 13.1 Å². The minimum Gasteiger partial charge on any atom is -0.480 e. The lowest BCUT2D eigenvalue weighted by molar-refractivity contribution is -0.138. The quantitative estimate of drug-likeness (QED) is 0.844. The number of carboxylic acids is 1. The van der Waals surface area contributed by atoms with E-state index in [0.29, 0.717) is 0 Å². The molecule has 2 rings (SSSR count). The van der Waals surface area contributed by atoms with Crippen LogP contribution in [0.4, 0.5) is 13.2 Å². The second-order valence-electron chi connectivity index (χ2n) is 6.07. The first-order chi connectivity index (χ1) is 12.1. The number of hydrogen-bond donors (Lipinski definition) is 1. The number of carbonyl (C=O) groups is 2. The molecule has 0 aliphatic carbocycles. The van der Waals surface area contributed by atoms with E-state index in [0.717, 1.165) is 21.7 Å². The zero-order valence-electron chi connectivity index (χ0n) is 14.1. The number of alkyl halides is 3. The van der Waals surface area contributed by atoms with Crippen molar-refractivity contribution in [2.24, 2.45) is 5.92 Å². The molecule has 0 unspecified atom stereocenters. The first-order valence-electron chi connectivity index (χ1n) is 7.69. The summed E-state index contributed by atoms with van der Waals surface area (Å²) in [4.78, 5) is 24.5. The van der Waals surface area contributed by atoms with Crippen LogP contribution in [0.25, 0.3) is 5.69 Å². The molecule has 2 aromatic rings. The summed E-state index contributed by atoms with van der Waals surface area (Å²) in [5.41, 5.74) is -0.921. The molecule has 0 saturated carbocycles. The molecule has 1 aromatic heterocycles. The highest BCUT2D eigenvalue weighted by atomic mass is 19.4. The molecule has 0 spiro atoms. The number of carbonyl (C=O) groups excluding carboxylic acids is 1. The highest BCUT2D eigenvalue weighted by Gasteiger charge is 2.30. The van der Waals surface area contributed by atoms with Gasteiger partial charge < -0.3 is 10.0 Å². The van der Waals surface area contributed by atoms with Crippen LogP contribution in [0.3, 0.4) is 0 Å². The molecule has 0 bridgehead atoms. The second-order valence-corrected chi connectivity index (χ2v) is 6.07. The molecule has 0 aliphatic rings. The fourth-order valence-electron chi connectivity index (χ4n) is 2.30. The molecule has 0 saturated heterocycles. The van der Waals surface area contributed by atoms with Gasteiger partial charge in [0.05, 0.1) is 17.4 Å². The van der Waals surface area contributed by atoms with Gasteiger partial charge in [-0.05, 0) is 24.1 Å². The number of benzene rings is 1. The third kappa shape index (κ3) is 4.80. The number of nitrogens with zero attached hydrogens (tertiary/aromatic N) is 4. The summed E-state index contributed by atoms with van der Waals surface area (Å²) in [6, 6.07) is 4.41. The van der Waals surface area contributed by atoms with Crippen LogP contribution >= 0.6 is 0 Å². The van der Waals surface area contributed by atoms with Crippen LogP contribution < -0.4 is 0 Å². The zero-order valence-corrected chi connectivity index (χ0v) is 14.1. The molecule has 10 heteroatoms. The van der Waals surface area contributed by atoms with Crippen LogP contribution in [0.2, 0.25) is 0 Å². The van der Waals surface area contributed by atoms with Crippen LogP contribution in [-0.4, -0.2) is 50.0 Å². The summed E-state index contributed by atoms with van der Waals surface area (Å²) in [6.07, 6.45) is -3.34. The molecule has 0 aliphatic heterocycles. The van der Waals surface area contributed by atoms with E-state index in [4.69, 9.17) is 5.11 Å². The monoisotopic (exact) mass is 370 g/mol. The van der Waals surface area contributed by atoms with Crippen molar-refractivity contribution in [3.8, 4) is 5.69 Å². The minimum absolute atomic E-state index is 0.0248. The van der Waals surface area contributed by atoms with Gasteiger partial charge in [-0.25, -0.2) is 4.68 Å². The summed E-state index contributed by atoms with van der Waals surface area (Å²) in [5, 5.41) is 16.3. The summed E-state index contributed by atoms with van der Waals surface area (Å²) in [6.45, 7) is 3.33. The van der Waals surface area contributed by atoms with E-state index in [-0.39, 0.29) is 23.8 Å². The topological polar surface area (TPSA) is 88.3 Å². The summed E-state index contributed by atoms with van der Waals surface area (Å²) in [7, 11) is 0. The van der Waals surface area contributed by atoms with Gasteiger partial charge in [0.25, 0.3) is 5.91 Å². The van der Waals surface area contributed by atoms with Crippen LogP contribution in [-0.2, 0) is 11.0 Å². The fourth-order valence-corrected chi connectivity index (χ4v) is 2.30. The lowest BCUT2D eigenvalue weighted by Gasteiger charge is -2.21. The number of rotatable bonds is 6. The largest absolute Gasteiger partial charge is 0.480 e. The predicted octanol–water partition coefficient (Wildman–Crippen LogP) is 2.47. The van der Waals surface area contributed by atoms with Crippen LogP contribution in [0.5, 0.6) is 0 Å². The SMILES string of the molecule is CC(C)CN(CC(=O)O)C(=O)c1cn(-c2cccc(C(F)(F)F)c2)nn1. The van der Waals surface area contributed by atoms with E-state index in [2.05, 4.69) is 10.3 Å². The molecule has 1 aromatic carbocycles. The molecule has 0 fully saturated rings. The maximum Gasteiger partial charge on any atom is 0.416 e. The molecule has 140 valence electrons. The molecule has 0 radical (unpaired) electrons. The van der Waals surface area contributed by atoms with Gasteiger partial charge in [0.2, 0.25) is 0 Å². The van der Waals surface area contributed by atoms with Crippen LogP contribution in [0.15, 0.2) is 30.5 Å². The molecule has 7 nitrogen and oxygen atoms in total. The van der Waals surface area contributed by atoms with Gasteiger partial charge in [0, 0.05) is 6.54 Å². The van der Waals surface area contributed by atoms with Crippen molar-refractivity contribution in [2.45, 2.75) is 20.0 Å². The summed E-state index contributed by atoms with van der Waals surface area (Å²) >= 11 is 0. The zero-order chi connectivity index (χ0) is 19.5. The first kappa shape index (κ1) is 19.4. The number of carboxylic acid groups (broad SMARTS) is 1. The van der Waals surface area contributed by atoms with E-state index in [1.54, 1.807) is 0 Å². The standard InChI is InChI=1S/C16H17F3N4O3/c1-10(2)7-22(9-14(24)25)15(26)13-8-23(21-20-13)12-5-3-4-11(6-12)16(17,18)19/h3-6,8,10H,7,9H2,1-2H3,(H,24,25). The highest BCUT2D eigenvalue weighted by Crippen LogP contribution is 2.30. The highest BCUT2D eigenvalue weighted by molar-refractivity contribution is 5.93. The van der Waals surface area contributed by atoms with Gasteiger partial charge in [-0.1, -0.05) is 25.1 Å². The van der Waals surface area contributed by atoms with Crippen LogP contribution in [0, 0.1) is 5.92 Å². The molecular formula is C16H17F3N4O3. The van der Waals surface area contributed by atoms with E-state index < -0.39 is 30.2 Å². The third-order valence-corrected chi connectivity index (χ3v) is 3.35. The second kappa shape index (κ2) is 7.54. The Morgan fingerprint density at radius 3 is 2.58 bits per heavy atom. The van der Waals surface area contributed by atoms with E-state index in [1.807, 2.05) is 13.8 Å². The molecule has 1 N–H and O–H groups in total. The number of amides is 1. The Hall–Kier alpha value is -2.91. The molecule has 1 heterocycles. The minimum atomic E-state index is -4.51. The summed E-state index contributed by atoms with van der Waals surface area (Å²) < 4.78 is 39.5. The first-order valence-corrected chi connectivity index (χ1v) is 7.69. The van der Waals surface area contributed by atoms with E-state index in [9.17, 15) is 22.8 Å². The molecule has 0 atom stereocenters. The van der Waals surface area contributed by atoms with Crippen molar-refractivity contribution in [3.63, 3.8) is 0 Å². The Morgan fingerprint density at radius 1 is 1.31 bits per heavy atom. The van der Waals surface area contributed by atoms with Gasteiger partial charge in [0.1, 0.15) is 6.54 Å². The van der Waals surface area contributed by atoms with Gasteiger partial charge in [-0.15, -0.1) is 5.10 Å². The molecule has 26 heavy (non-hydrogen) atoms. The smallest absolute Gasteiger partial charge is 0.416 e. The molecular weight excluding hydrogens is 353 g/mol. The maximum absolute atomic E-state index is 12.8. The maximum atomic E-state index is 12.8. The normalized spacial score (nSPS) is 11.6. The fraction of sp³-hybridized carbons (Fsp3) is 0.375. The molecule has 1 amide bonds. The van der Waals surface area contributed by atoms with Gasteiger partial charge in [0.15, 0.2) is 5.69 Å². The van der Waals surface area contributed by atoms with E-state index >= 15 is 0 Å². The van der Waals surface area contributed by atoms with Crippen molar-refractivity contribution in [1.82, 2.24) is 19.9 Å². The third-order valence-electron chi connectivity index (χ3n) is 3.35. The lowest BCUT2D eigenvalue weighted by atomic mass is 10.2. The van der Waals surface area contributed by atoms with Crippen LogP contribution in [0.1, 0.15) is 29.9 Å². The Morgan fingerprint density at radius 2 is 2.00 bits per heavy atom. The van der Waals surface area contributed by atoms with Crippen molar-refractivity contribution >= 4 is 11.9 Å². The lowest BCUT2D eigenvalue weighted by Crippen LogP contribution is -2.38. The number of aromatic nitrogens is 3. The Labute approximate surface area is 147 Å². The number of halogens is 3. The predicted molar refractivity (Wildman–Crippen MR) is 84.7 cm³/mol. The number of hydrogen-bond acceptors (Lipinski definition) is 4.